The van der Waals surface area contributed by atoms with Gasteiger partial charge in [-0.2, -0.15) is 0 Å². The maximum Gasteiger partial charge on any atom is 0.157 e. The zero-order chi connectivity index (χ0) is 18.9. The number of para-hydroxylation sites is 2. The summed E-state index contributed by atoms with van der Waals surface area (Å²) in [6, 6.07) is 21.5. The number of pyridine rings is 1. The number of imidazole rings is 1. The second kappa shape index (κ2) is 6.94. The Labute approximate surface area is 166 Å². The second-order valence-electron chi connectivity index (χ2n) is 6.43. The van der Waals surface area contributed by atoms with Crippen LogP contribution in [-0.2, 0) is 6.54 Å². The monoisotopic (exact) mass is 386 g/mol. The summed E-state index contributed by atoms with van der Waals surface area (Å²) in [5, 5.41) is 4.88. The predicted molar refractivity (Wildman–Crippen MR) is 109 cm³/mol. The van der Waals surface area contributed by atoms with Crippen molar-refractivity contribution in [2.24, 2.45) is 0 Å². The Morgan fingerprint density at radius 1 is 0.893 bits per heavy atom. The van der Waals surface area contributed by atoms with Gasteiger partial charge in [-0.1, -0.05) is 41.0 Å². The van der Waals surface area contributed by atoms with Gasteiger partial charge in [0, 0.05) is 34.6 Å². The van der Waals surface area contributed by atoms with Crippen LogP contribution >= 0.6 is 11.6 Å². The second-order valence-corrected chi connectivity index (χ2v) is 6.87. The van der Waals surface area contributed by atoms with Crippen LogP contribution < -0.4 is 0 Å². The van der Waals surface area contributed by atoms with Gasteiger partial charge in [-0.05, 0) is 36.4 Å². The molecule has 0 saturated carbocycles. The Bertz CT molecular complexity index is 1260. The summed E-state index contributed by atoms with van der Waals surface area (Å²) in [5.41, 5.74) is 4.65. The summed E-state index contributed by atoms with van der Waals surface area (Å²) in [5.74, 6) is 1.61. The third kappa shape index (κ3) is 3.06. The number of benzene rings is 2. The molecule has 0 unspecified atom stereocenters. The molecule has 0 radical (unpaired) electrons. The van der Waals surface area contributed by atoms with Crippen molar-refractivity contribution in [2.45, 2.75) is 6.54 Å². The van der Waals surface area contributed by atoms with Gasteiger partial charge in [0.1, 0.15) is 11.5 Å². The number of hydrogen-bond donors (Lipinski definition) is 0. The Hall–Kier alpha value is -3.44. The van der Waals surface area contributed by atoms with Gasteiger partial charge >= 0.3 is 0 Å². The Morgan fingerprint density at radius 3 is 2.61 bits per heavy atom. The van der Waals surface area contributed by atoms with Gasteiger partial charge in [-0.3, -0.25) is 4.98 Å². The van der Waals surface area contributed by atoms with Crippen LogP contribution in [0.3, 0.4) is 0 Å². The van der Waals surface area contributed by atoms with Crippen molar-refractivity contribution in [3.63, 3.8) is 0 Å². The zero-order valence-corrected chi connectivity index (χ0v) is 15.5. The molecule has 0 aliphatic rings. The molecule has 0 fully saturated rings. The normalized spacial score (nSPS) is 11.2. The number of halogens is 1. The third-order valence-electron chi connectivity index (χ3n) is 4.59. The smallest absolute Gasteiger partial charge is 0.157 e. The molecule has 3 aromatic heterocycles. The van der Waals surface area contributed by atoms with Gasteiger partial charge in [-0.15, -0.1) is 0 Å². The SMILES string of the molecule is Clc1cccc(-c2cc(Cn3c(-c4ccncc4)nc4ccccc43)on2)c1. The van der Waals surface area contributed by atoms with Gasteiger partial charge < -0.3 is 9.09 Å². The van der Waals surface area contributed by atoms with Crippen molar-refractivity contribution in [1.82, 2.24) is 19.7 Å². The van der Waals surface area contributed by atoms with E-state index >= 15 is 0 Å². The highest BCUT2D eigenvalue weighted by molar-refractivity contribution is 6.30. The first-order chi connectivity index (χ1) is 13.8. The molecule has 0 aliphatic heterocycles. The molecule has 0 bridgehead atoms. The number of nitrogens with zero attached hydrogens (tertiary/aromatic N) is 4. The molecule has 0 aliphatic carbocycles. The molecule has 5 aromatic rings. The van der Waals surface area contributed by atoms with Crippen molar-refractivity contribution in [1.29, 1.82) is 0 Å². The molecule has 3 heterocycles. The van der Waals surface area contributed by atoms with Gasteiger partial charge in [0.05, 0.1) is 17.6 Å². The van der Waals surface area contributed by atoms with Crippen molar-refractivity contribution in [2.75, 3.05) is 0 Å². The van der Waals surface area contributed by atoms with Crippen LogP contribution in [-0.4, -0.2) is 19.7 Å². The molecule has 0 N–H and O–H groups in total. The minimum Gasteiger partial charge on any atom is -0.359 e. The maximum atomic E-state index is 6.09. The van der Waals surface area contributed by atoms with Crippen LogP contribution in [0.2, 0.25) is 5.02 Å². The summed E-state index contributed by atoms with van der Waals surface area (Å²) in [4.78, 5) is 8.92. The summed E-state index contributed by atoms with van der Waals surface area (Å²) < 4.78 is 7.75. The lowest BCUT2D eigenvalue weighted by Crippen LogP contribution is -2.01. The average molecular weight is 387 g/mol. The number of rotatable bonds is 4. The van der Waals surface area contributed by atoms with Gasteiger partial charge in [0.2, 0.25) is 0 Å². The first kappa shape index (κ1) is 16.7. The van der Waals surface area contributed by atoms with E-state index in [0.29, 0.717) is 11.6 Å². The van der Waals surface area contributed by atoms with E-state index in [9.17, 15) is 0 Å². The molecule has 0 spiro atoms. The fourth-order valence-electron chi connectivity index (χ4n) is 3.28. The molecule has 0 atom stereocenters. The minimum atomic E-state index is 0.520. The van der Waals surface area contributed by atoms with Crippen LogP contribution in [0.4, 0.5) is 0 Å². The molecule has 28 heavy (non-hydrogen) atoms. The Morgan fingerprint density at radius 2 is 1.75 bits per heavy atom. The van der Waals surface area contributed by atoms with E-state index in [-0.39, 0.29) is 0 Å². The van der Waals surface area contributed by atoms with E-state index in [1.807, 2.05) is 60.7 Å². The zero-order valence-electron chi connectivity index (χ0n) is 14.8. The van der Waals surface area contributed by atoms with Crippen LogP contribution in [0.15, 0.2) is 83.6 Å². The van der Waals surface area contributed by atoms with Crippen LogP contribution in [0.25, 0.3) is 33.7 Å². The molecule has 0 amide bonds. The predicted octanol–water partition coefficient (Wildman–Crippen LogP) is 5.46. The third-order valence-corrected chi connectivity index (χ3v) is 4.82. The quantitative estimate of drug-likeness (QED) is 0.412. The lowest BCUT2D eigenvalue weighted by atomic mass is 10.1. The van der Waals surface area contributed by atoms with Crippen molar-refractivity contribution in [3.8, 4) is 22.6 Å². The van der Waals surface area contributed by atoms with Crippen molar-refractivity contribution >= 4 is 22.6 Å². The fourth-order valence-corrected chi connectivity index (χ4v) is 3.47. The first-order valence-corrected chi connectivity index (χ1v) is 9.23. The summed E-state index contributed by atoms with van der Waals surface area (Å²) in [6.45, 7) is 0.520. The molecular formula is C22H15ClN4O. The minimum absolute atomic E-state index is 0.520. The van der Waals surface area contributed by atoms with E-state index in [0.717, 1.165) is 39.4 Å². The molecule has 2 aromatic carbocycles. The summed E-state index contributed by atoms with van der Waals surface area (Å²) >= 11 is 6.09. The van der Waals surface area contributed by atoms with E-state index in [1.165, 1.54) is 0 Å². The highest BCUT2D eigenvalue weighted by atomic mass is 35.5. The van der Waals surface area contributed by atoms with Crippen molar-refractivity contribution in [3.05, 3.63) is 89.9 Å². The number of hydrogen-bond acceptors (Lipinski definition) is 4. The van der Waals surface area contributed by atoms with Crippen LogP contribution in [0.1, 0.15) is 5.76 Å². The van der Waals surface area contributed by atoms with Crippen molar-refractivity contribution < 1.29 is 4.52 Å². The lowest BCUT2D eigenvalue weighted by Gasteiger charge is -2.07. The van der Waals surface area contributed by atoms with Gasteiger partial charge in [-0.25, -0.2) is 4.98 Å². The molecule has 5 rings (SSSR count). The molecule has 0 saturated heterocycles. The highest BCUT2D eigenvalue weighted by Gasteiger charge is 2.15. The topological polar surface area (TPSA) is 56.7 Å². The summed E-state index contributed by atoms with van der Waals surface area (Å²) in [6.07, 6.45) is 3.54. The maximum absolute atomic E-state index is 6.09. The summed E-state index contributed by atoms with van der Waals surface area (Å²) in [7, 11) is 0. The largest absolute Gasteiger partial charge is 0.359 e. The molecule has 6 heteroatoms. The average Bonchev–Trinajstić information content (AvgIpc) is 3.34. The fraction of sp³-hybridized carbons (Fsp3) is 0.0455. The molecule has 136 valence electrons. The number of fused-ring (bicyclic) bond motifs is 1. The molecule has 5 nitrogen and oxygen atoms in total. The Kier molecular flexibility index (Phi) is 4.14. The van der Waals surface area contributed by atoms with E-state index in [2.05, 4.69) is 20.8 Å². The van der Waals surface area contributed by atoms with Crippen LogP contribution in [0.5, 0.6) is 0 Å². The van der Waals surface area contributed by atoms with E-state index < -0.39 is 0 Å². The standard InChI is InChI=1S/C22H15ClN4O/c23-17-5-3-4-16(12-17)20-13-18(28-26-20)14-27-21-7-2-1-6-19(21)25-22(27)15-8-10-24-11-9-15/h1-13H,14H2. The highest BCUT2D eigenvalue weighted by Crippen LogP contribution is 2.27. The van der Waals surface area contributed by atoms with Crippen LogP contribution in [0, 0.1) is 0 Å². The van der Waals surface area contributed by atoms with E-state index in [4.69, 9.17) is 21.1 Å². The van der Waals surface area contributed by atoms with Gasteiger partial charge in [0.25, 0.3) is 0 Å². The Balaban J connectivity index is 1.57. The number of aromatic nitrogens is 4. The van der Waals surface area contributed by atoms with E-state index in [1.54, 1.807) is 12.4 Å². The molecular weight excluding hydrogens is 372 g/mol. The lowest BCUT2D eigenvalue weighted by molar-refractivity contribution is 0.380. The first-order valence-electron chi connectivity index (χ1n) is 8.85. The van der Waals surface area contributed by atoms with Gasteiger partial charge in [0.15, 0.2) is 5.76 Å².